The van der Waals surface area contributed by atoms with E-state index >= 15 is 0 Å². The Bertz CT molecular complexity index is 164. The smallest absolute Gasteiger partial charge is 1.00 e. The van der Waals surface area contributed by atoms with Crippen molar-refractivity contribution in [1.29, 1.82) is 0 Å². The normalized spacial score (nSPS) is 31.2. The molecule has 1 aliphatic heterocycles. The van der Waals surface area contributed by atoms with Gasteiger partial charge in [-0.15, -0.1) is 0 Å². The summed E-state index contributed by atoms with van der Waals surface area (Å²) in [6.45, 7) is -0.495. The van der Waals surface area contributed by atoms with Crippen LogP contribution in [0.2, 0.25) is 0 Å². The van der Waals surface area contributed by atoms with E-state index in [1.54, 1.807) is 0 Å². The van der Waals surface area contributed by atoms with Gasteiger partial charge in [0.15, 0.2) is 4.31 Å². The second-order valence-electron chi connectivity index (χ2n) is 1.35. The van der Waals surface area contributed by atoms with Gasteiger partial charge in [-0.2, -0.15) is 0 Å². The van der Waals surface area contributed by atoms with Gasteiger partial charge in [-0.3, -0.25) is 0 Å². The van der Waals surface area contributed by atoms with Gasteiger partial charge in [0.25, 0.3) is 6.29 Å². The van der Waals surface area contributed by atoms with Gasteiger partial charge in [-0.1, -0.05) is 9.05 Å². The Labute approximate surface area is 97.1 Å². The van der Waals surface area contributed by atoms with Crippen LogP contribution in [0, 0.1) is 0 Å². The molecule has 1 N–H and O–H groups in total. The monoisotopic (exact) mass is 228 g/mol. The first kappa shape index (κ1) is 12.3. The molecule has 0 saturated carbocycles. The quantitative estimate of drug-likeness (QED) is 0.520. The van der Waals surface area contributed by atoms with E-state index in [1.807, 2.05) is 0 Å². The second-order valence-corrected chi connectivity index (χ2v) is 3.32. The zero-order valence-corrected chi connectivity index (χ0v) is 9.37. The van der Waals surface area contributed by atoms with Crippen LogP contribution in [0.1, 0.15) is 2.85 Å². The van der Waals surface area contributed by atoms with E-state index in [0.717, 1.165) is 0 Å². The first-order valence-corrected chi connectivity index (χ1v) is 4.48. The van der Waals surface area contributed by atoms with Crippen molar-refractivity contribution in [3.8, 4) is 0 Å². The first-order valence-electron chi connectivity index (χ1n) is 2.29. The zero-order chi connectivity index (χ0) is 7.56. The maximum atomic E-state index is 10.4. The van der Waals surface area contributed by atoms with Crippen LogP contribution >= 0.6 is 16.5 Å². The average molecular weight is 228 g/mol. The van der Waals surface area contributed by atoms with E-state index in [-0.39, 0.29) is 40.6 Å². The van der Waals surface area contributed by atoms with Gasteiger partial charge in [0.2, 0.25) is 0 Å². The van der Waals surface area contributed by atoms with Crippen LogP contribution in [0.5, 0.6) is 0 Å². The van der Waals surface area contributed by atoms with Crippen LogP contribution in [0.3, 0.4) is 0 Å². The van der Waals surface area contributed by atoms with Crippen molar-refractivity contribution < 1.29 is 30.4 Å². The minimum absolute atomic E-state index is 0. The maximum Gasteiger partial charge on any atom is 2.00 e. The third kappa shape index (κ3) is 4.17. The molecule has 0 aromatic rings. The minimum atomic E-state index is -2.39. The molecule has 1 aliphatic rings. The summed E-state index contributed by atoms with van der Waals surface area (Å²) in [7, 11) is -4.79. The summed E-state index contributed by atoms with van der Waals surface area (Å²) in [4.78, 5) is 0. The van der Waals surface area contributed by atoms with Gasteiger partial charge >= 0.3 is 54.2 Å². The van der Waals surface area contributed by atoms with Crippen molar-refractivity contribution in [2.45, 2.75) is 6.29 Å². The van der Waals surface area contributed by atoms with Crippen LogP contribution < -0.4 is 0 Å². The van der Waals surface area contributed by atoms with Crippen molar-refractivity contribution in [2.75, 3.05) is 6.61 Å². The van der Waals surface area contributed by atoms with Crippen LogP contribution in [-0.4, -0.2) is 55.7 Å². The number of aliphatic hydroxyl groups excluding tert-OH is 1. The summed E-state index contributed by atoms with van der Waals surface area (Å²) in [6, 6.07) is 0. The Morgan fingerprint density at radius 2 is 1.82 bits per heavy atom. The molecular formula is C2H6CaO6P2+2. The molecule has 9 heteroatoms. The Hall–Kier alpha value is 1.30. The number of hydrogen-bond acceptors (Lipinski definition) is 6. The predicted octanol–water partition coefficient (Wildman–Crippen LogP) is 0.527. The summed E-state index contributed by atoms with van der Waals surface area (Å²) < 4.78 is 33.5. The molecule has 1 heterocycles. The van der Waals surface area contributed by atoms with E-state index in [1.165, 1.54) is 0 Å². The Balaban J connectivity index is -0.000000333. The molecule has 1 rings (SSSR count). The Morgan fingerprint density at radius 3 is 2.18 bits per heavy atom. The van der Waals surface area contributed by atoms with Gasteiger partial charge in [-0.05, 0) is 0 Å². The number of aliphatic hydroxyl groups is 1. The SMILES string of the molecule is O=[P+]1OC(CO)O[P+](=O)O1.[Ca+2].[H-].[H-]. The number of rotatable bonds is 1. The molecule has 2 unspecified atom stereocenters. The minimum Gasteiger partial charge on any atom is -1.00 e. The molecule has 0 aromatic carbocycles. The van der Waals surface area contributed by atoms with Gasteiger partial charge in [-0.25, -0.2) is 0 Å². The molecule has 0 spiro atoms. The molecule has 0 amide bonds. The van der Waals surface area contributed by atoms with Crippen molar-refractivity contribution in [2.24, 2.45) is 0 Å². The van der Waals surface area contributed by atoms with Crippen LogP contribution in [-0.2, 0) is 22.5 Å². The molecule has 0 radical (unpaired) electrons. The summed E-state index contributed by atoms with van der Waals surface area (Å²) in [5, 5.41) is 8.36. The fraction of sp³-hybridized carbons (Fsp3) is 1.00. The largest absolute Gasteiger partial charge is 2.00 e. The fourth-order valence-electron chi connectivity index (χ4n) is 0.371. The molecule has 1 saturated heterocycles. The van der Waals surface area contributed by atoms with E-state index < -0.39 is 29.4 Å². The summed E-state index contributed by atoms with van der Waals surface area (Å²) >= 11 is 0. The molecule has 11 heavy (non-hydrogen) atoms. The molecule has 0 bridgehead atoms. The Morgan fingerprint density at radius 1 is 1.36 bits per heavy atom. The molecule has 0 aromatic heterocycles. The first-order chi connectivity index (χ1) is 4.72. The second kappa shape index (κ2) is 5.86. The fourth-order valence-corrected chi connectivity index (χ4v) is 1.79. The average Bonchev–Trinajstić information content (AvgIpc) is 1.85. The van der Waals surface area contributed by atoms with Crippen LogP contribution in [0.15, 0.2) is 0 Å². The van der Waals surface area contributed by atoms with E-state index in [9.17, 15) is 9.13 Å². The van der Waals surface area contributed by atoms with E-state index in [4.69, 9.17) is 5.11 Å². The predicted molar refractivity (Wildman–Crippen MR) is 37.3 cm³/mol. The third-order valence-corrected chi connectivity index (χ3v) is 2.57. The van der Waals surface area contributed by atoms with Gasteiger partial charge in [0.1, 0.15) is 6.61 Å². The van der Waals surface area contributed by atoms with Gasteiger partial charge < -0.3 is 7.96 Å². The summed E-state index contributed by atoms with van der Waals surface area (Å²) in [6.07, 6.45) is -1.10. The Kier molecular flexibility index (Phi) is 6.55. The van der Waals surface area contributed by atoms with Crippen LogP contribution in [0.25, 0.3) is 0 Å². The summed E-state index contributed by atoms with van der Waals surface area (Å²) in [5.74, 6) is 0. The van der Waals surface area contributed by atoms with Crippen molar-refractivity contribution in [3.05, 3.63) is 0 Å². The molecule has 60 valence electrons. The van der Waals surface area contributed by atoms with Crippen molar-refractivity contribution >= 4 is 54.2 Å². The van der Waals surface area contributed by atoms with Crippen LogP contribution in [0.4, 0.5) is 0 Å². The van der Waals surface area contributed by atoms with Gasteiger partial charge in [0.05, 0.1) is 0 Å². The standard InChI is InChI=1S/C2H4O6P2.Ca.2H/c3-1-2-6-9(4)8-10(5)7-2;;;/h2-3H,1H2;;;/q2*+2;2*-1. The van der Waals surface area contributed by atoms with E-state index in [0.29, 0.717) is 0 Å². The van der Waals surface area contributed by atoms with Crippen molar-refractivity contribution in [1.82, 2.24) is 0 Å². The summed E-state index contributed by atoms with van der Waals surface area (Å²) in [5.41, 5.74) is 0. The van der Waals surface area contributed by atoms with E-state index in [2.05, 4.69) is 13.4 Å². The molecule has 6 nitrogen and oxygen atoms in total. The molecule has 0 aliphatic carbocycles. The molecule has 1 fully saturated rings. The van der Waals surface area contributed by atoms with Gasteiger partial charge in [0, 0.05) is 9.13 Å². The topological polar surface area (TPSA) is 82.1 Å². The van der Waals surface area contributed by atoms with Crippen molar-refractivity contribution in [3.63, 3.8) is 0 Å². The maximum absolute atomic E-state index is 10.4. The number of hydrogen-bond donors (Lipinski definition) is 1. The molecular weight excluding hydrogens is 222 g/mol. The zero-order valence-electron chi connectivity index (χ0n) is 7.37. The third-order valence-electron chi connectivity index (χ3n) is 0.690. The molecule has 2 atom stereocenters.